The fourth-order valence-corrected chi connectivity index (χ4v) is 6.74. The van der Waals surface area contributed by atoms with Crippen LogP contribution in [0.3, 0.4) is 0 Å². The Morgan fingerprint density at radius 1 is 1.13 bits per heavy atom. The fourth-order valence-electron chi connectivity index (χ4n) is 6.74. The first kappa shape index (κ1) is 24.3. The number of nitrogens with zero attached hydrogens (tertiary/aromatic N) is 4. The van der Waals surface area contributed by atoms with Gasteiger partial charge in [0.25, 0.3) is 5.91 Å². The molecule has 0 aliphatic carbocycles. The molecule has 202 valence electrons. The van der Waals surface area contributed by atoms with Crippen molar-refractivity contribution in [3.63, 3.8) is 0 Å². The highest BCUT2D eigenvalue weighted by Crippen LogP contribution is 2.49. The number of imide groups is 1. The van der Waals surface area contributed by atoms with Gasteiger partial charge in [-0.15, -0.1) is 0 Å². The van der Waals surface area contributed by atoms with E-state index in [0.717, 1.165) is 54.7 Å². The maximum atomic E-state index is 13.2. The first-order valence-corrected chi connectivity index (χ1v) is 13.7. The van der Waals surface area contributed by atoms with Crippen LogP contribution in [-0.2, 0) is 34.6 Å². The van der Waals surface area contributed by atoms with Crippen molar-refractivity contribution in [1.82, 2.24) is 24.9 Å². The van der Waals surface area contributed by atoms with Gasteiger partial charge in [0.15, 0.2) is 0 Å². The van der Waals surface area contributed by atoms with Crippen molar-refractivity contribution in [3.05, 3.63) is 58.8 Å². The summed E-state index contributed by atoms with van der Waals surface area (Å²) in [4.78, 5) is 41.3. The lowest BCUT2D eigenvalue weighted by Crippen LogP contribution is -2.52. The number of fused-ring (bicyclic) bond motifs is 5. The number of piperidine rings is 2. The Kier molecular flexibility index (Phi) is 5.71. The molecule has 10 nitrogen and oxygen atoms in total. The van der Waals surface area contributed by atoms with Crippen LogP contribution >= 0.6 is 0 Å². The normalized spacial score (nSPS) is 22.3. The van der Waals surface area contributed by atoms with Gasteiger partial charge in [0.2, 0.25) is 11.8 Å². The highest BCUT2D eigenvalue weighted by molar-refractivity contribution is 6.05. The van der Waals surface area contributed by atoms with Crippen molar-refractivity contribution in [2.45, 2.75) is 56.8 Å². The molecule has 0 saturated carbocycles. The number of aliphatic hydroxyl groups is 1. The highest BCUT2D eigenvalue weighted by Gasteiger charge is 2.47. The molecule has 3 aromatic rings. The zero-order valence-corrected chi connectivity index (χ0v) is 21.7. The first-order valence-electron chi connectivity index (χ1n) is 13.7. The van der Waals surface area contributed by atoms with Crippen LogP contribution in [0, 0.1) is 0 Å². The lowest BCUT2D eigenvalue weighted by atomic mass is 9.74. The number of aromatic nitrogens is 2. The number of hydrogen-bond donors (Lipinski definition) is 2. The molecular formula is C29H31N5O5. The van der Waals surface area contributed by atoms with Crippen LogP contribution in [0.1, 0.15) is 52.7 Å². The molecule has 2 N–H and O–H groups in total. The monoisotopic (exact) mass is 529 g/mol. The molecule has 7 rings (SSSR count). The average Bonchev–Trinajstić information content (AvgIpc) is 3.59. The van der Waals surface area contributed by atoms with Crippen molar-refractivity contribution in [3.8, 4) is 5.75 Å². The van der Waals surface area contributed by atoms with Crippen molar-refractivity contribution in [1.29, 1.82) is 0 Å². The minimum atomic E-state index is -0.625. The molecule has 1 atom stereocenters. The van der Waals surface area contributed by atoms with Crippen LogP contribution in [0.15, 0.2) is 36.5 Å². The Morgan fingerprint density at radius 3 is 2.77 bits per heavy atom. The summed E-state index contributed by atoms with van der Waals surface area (Å²) >= 11 is 0. The van der Waals surface area contributed by atoms with E-state index in [1.165, 1.54) is 11.1 Å². The molecule has 2 fully saturated rings. The second kappa shape index (κ2) is 9.17. The van der Waals surface area contributed by atoms with E-state index in [-0.39, 0.29) is 30.3 Å². The number of benzene rings is 2. The van der Waals surface area contributed by atoms with E-state index in [2.05, 4.69) is 33.5 Å². The summed E-state index contributed by atoms with van der Waals surface area (Å²) in [6, 6.07) is 9.69. The Balaban J connectivity index is 1.05. The van der Waals surface area contributed by atoms with Crippen molar-refractivity contribution < 1.29 is 24.2 Å². The predicted octanol–water partition coefficient (Wildman–Crippen LogP) is 1.72. The highest BCUT2D eigenvalue weighted by atomic mass is 16.5. The van der Waals surface area contributed by atoms with E-state index < -0.39 is 11.9 Å². The fraction of sp³-hybridized carbons (Fsp3) is 0.448. The number of rotatable bonds is 5. The van der Waals surface area contributed by atoms with Crippen LogP contribution in [0.4, 0.5) is 0 Å². The van der Waals surface area contributed by atoms with Gasteiger partial charge in [-0.1, -0.05) is 12.1 Å². The molecule has 1 aromatic heterocycles. The maximum Gasteiger partial charge on any atom is 0.255 e. The van der Waals surface area contributed by atoms with Gasteiger partial charge in [-0.25, -0.2) is 0 Å². The third-order valence-electron chi connectivity index (χ3n) is 8.90. The van der Waals surface area contributed by atoms with E-state index in [1.807, 2.05) is 18.3 Å². The maximum absolute atomic E-state index is 13.2. The Morgan fingerprint density at radius 2 is 1.97 bits per heavy atom. The summed E-state index contributed by atoms with van der Waals surface area (Å²) in [5.74, 6) is -0.0328. The van der Waals surface area contributed by atoms with Gasteiger partial charge in [0.05, 0.1) is 31.8 Å². The lowest BCUT2D eigenvalue weighted by Gasteiger charge is -2.38. The van der Waals surface area contributed by atoms with Crippen LogP contribution in [0.5, 0.6) is 5.75 Å². The van der Waals surface area contributed by atoms with E-state index >= 15 is 0 Å². The first-order chi connectivity index (χ1) is 18.9. The zero-order valence-electron chi connectivity index (χ0n) is 21.7. The van der Waals surface area contributed by atoms with Crippen LogP contribution in [0.25, 0.3) is 10.9 Å². The summed E-state index contributed by atoms with van der Waals surface area (Å²) in [6.45, 7) is 4.27. The van der Waals surface area contributed by atoms with E-state index in [4.69, 9.17) is 4.74 Å². The number of ether oxygens (including phenoxy) is 1. The molecule has 0 bridgehead atoms. The second-order valence-corrected chi connectivity index (χ2v) is 11.2. The topological polar surface area (TPSA) is 117 Å². The molecule has 2 saturated heterocycles. The largest absolute Gasteiger partial charge is 0.492 e. The second-order valence-electron chi connectivity index (χ2n) is 11.2. The van der Waals surface area contributed by atoms with Crippen molar-refractivity contribution >= 4 is 28.6 Å². The zero-order chi connectivity index (χ0) is 26.7. The van der Waals surface area contributed by atoms with Crippen LogP contribution in [-0.4, -0.2) is 74.8 Å². The molecule has 1 unspecified atom stereocenters. The molecule has 5 heterocycles. The number of nitrogens with one attached hydrogen (secondary N) is 1. The molecule has 10 heteroatoms. The molecule has 2 aromatic carbocycles. The molecule has 0 radical (unpaired) electrons. The molecule has 4 aliphatic heterocycles. The molecular weight excluding hydrogens is 498 g/mol. The Bertz CT molecular complexity index is 1510. The third kappa shape index (κ3) is 4.01. The quantitative estimate of drug-likeness (QED) is 0.484. The lowest BCUT2D eigenvalue weighted by molar-refractivity contribution is -0.136. The van der Waals surface area contributed by atoms with Crippen molar-refractivity contribution in [2.75, 3.05) is 26.3 Å². The van der Waals surface area contributed by atoms with Crippen molar-refractivity contribution in [2.24, 2.45) is 0 Å². The van der Waals surface area contributed by atoms with Gasteiger partial charge in [0, 0.05) is 46.7 Å². The van der Waals surface area contributed by atoms with Crippen LogP contribution in [0.2, 0.25) is 0 Å². The number of likely N-dealkylation sites (tertiary alicyclic amines) is 1. The number of amides is 3. The Hall–Kier alpha value is -3.76. The number of carbonyl (C=O) groups excluding carboxylic acids is 3. The summed E-state index contributed by atoms with van der Waals surface area (Å²) in [5.41, 5.74) is 4.77. The molecule has 4 aliphatic rings. The standard InChI is InChI=1S/C29H31N5O5/c35-12-11-33-15-19-13-18(1-4-23(19)31-33)14-32-9-7-29(8-10-32)17-39-26-21-16-34(24-5-6-25(36)30-27(24)37)28(38)20(21)2-3-22(26)29/h1-4,13,15,24,35H,5-12,14,16-17H2,(H,30,36,37). The van der Waals surface area contributed by atoms with Gasteiger partial charge in [-0.05, 0) is 56.1 Å². The number of aliphatic hydroxyl groups excluding tert-OH is 1. The van der Waals surface area contributed by atoms with E-state index in [1.54, 1.807) is 9.58 Å². The van der Waals surface area contributed by atoms with E-state index in [9.17, 15) is 19.5 Å². The van der Waals surface area contributed by atoms with Gasteiger partial charge >= 0.3 is 0 Å². The smallest absolute Gasteiger partial charge is 0.255 e. The average molecular weight is 530 g/mol. The molecule has 3 amide bonds. The van der Waals surface area contributed by atoms with Gasteiger partial charge in [-0.3, -0.25) is 29.3 Å². The number of hydrogen-bond acceptors (Lipinski definition) is 7. The van der Waals surface area contributed by atoms with E-state index in [0.29, 0.717) is 31.7 Å². The minimum absolute atomic E-state index is 0.0681. The third-order valence-corrected chi connectivity index (χ3v) is 8.90. The predicted molar refractivity (Wildman–Crippen MR) is 141 cm³/mol. The number of carbonyl (C=O) groups is 3. The molecule has 39 heavy (non-hydrogen) atoms. The summed E-state index contributed by atoms with van der Waals surface area (Å²) < 4.78 is 8.09. The summed E-state index contributed by atoms with van der Waals surface area (Å²) in [6.07, 6.45) is 4.52. The van der Waals surface area contributed by atoms with Gasteiger partial charge < -0.3 is 14.7 Å². The van der Waals surface area contributed by atoms with Gasteiger partial charge in [0.1, 0.15) is 11.8 Å². The summed E-state index contributed by atoms with van der Waals surface area (Å²) in [5, 5.41) is 17.1. The van der Waals surface area contributed by atoms with Crippen LogP contribution < -0.4 is 10.1 Å². The van der Waals surface area contributed by atoms with Gasteiger partial charge in [-0.2, -0.15) is 5.10 Å². The molecule has 1 spiro atoms. The Labute approximate surface area is 225 Å². The minimum Gasteiger partial charge on any atom is -0.492 e. The summed E-state index contributed by atoms with van der Waals surface area (Å²) in [7, 11) is 0. The SMILES string of the molecule is O=C1CCC(N2Cc3c(ccc4c3OCC43CCN(Cc4ccc5nn(CCO)cc5c4)CC3)C2=O)C(=O)N1.